The van der Waals surface area contributed by atoms with Crippen molar-refractivity contribution in [3.63, 3.8) is 0 Å². The first kappa shape index (κ1) is 36.2. The third-order valence-electron chi connectivity index (χ3n) is 8.39. The molecule has 2 heterocycles. The fourth-order valence-electron chi connectivity index (χ4n) is 5.76. The molecular weight excluding hydrogens is 633 g/mol. The summed E-state index contributed by atoms with van der Waals surface area (Å²) in [4.78, 5) is 21.5. The number of nitrogens with zero attached hydrogens (tertiary/aromatic N) is 3. The Bertz CT molecular complexity index is 1650. The van der Waals surface area contributed by atoms with E-state index in [4.69, 9.17) is 14.2 Å². The number of rotatable bonds is 18. The summed E-state index contributed by atoms with van der Waals surface area (Å²) in [6.45, 7) is 11.7. The van der Waals surface area contributed by atoms with Crippen molar-refractivity contribution in [2.24, 2.45) is 5.92 Å². The van der Waals surface area contributed by atoms with Crippen LogP contribution in [0.25, 0.3) is 17.2 Å². The van der Waals surface area contributed by atoms with Crippen LogP contribution in [-0.4, -0.2) is 62.1 Å². The molecule has 0 spiro atoms. The first-order valence-corrected chi connectivity index (χ1v) is 18.3. The van der Waals surface area contributed by atoms with E-state index < -0.39 is 0 Å². The van der Waals surface area contributed by atoms with Crippen molar-refractivity contribution in [2.45, 2.75) is 57.2 Å². The van der Waals surface area contributed by atoms with Gasteiger partial charge in [0.05, 0.1) is 19.5 Å². The molecule has 0 unspecified atom stereocenters. The van der Waals surface area contributed by atoms with Crippen LogP contribution in [0.4, 0.5) is 11.4 Å². The molecular formula is C40H50N4O4S. The number of carbonyl (C=O) groups is 1. The minimum atomic E-state index is -0.0645. The van der Waals surface area contributed by atoms with Crippen LogP contribution < -0.4 is 15.0 Å². The fraction of sp³-hybridized carbons (Fsp3) is 0.400. The number of amides is 1. The van der Waals surface area contributed by atoms with E-state index in [1.54, 1.807) is 18.9 Å². The number of nitrogens with one attached hydrogen (secondary N) is 1. The fourth-order valence-corrected chi connectivity index (χ4v) is 6.64. The van der Waals surface area contributed by atoms with Crippen LogP contribution in [0.1, 0.15) is 51.3 Å². The van der Waals surface area contributed by atoms with Crippen LogP contribution in [0.5, 0.6) is 5.75 Å². The summed E-state index contributed by atoms with van der Waals surface area (Å²) in [7, 11) is 1.71. The molecule has 49 heavy (non-hydrogen) atoms. The van der Waals surface area contributed by atoms with Crippen LogP contribution in [0, 0.1) is 5.92 Å². The molecule has 1 aliphatic heterocycles. The summed E-state index contributed by atoms with van der Waals surface area (Å²) in [5, 5.41) is 3.15. The molecule has 0 radical (unpaired) electrons. The van der Waals surface area contributed by atoms with Gasteiger partial charge in [0.25, 0.3) is 5.91 Å². The lowest BCUT2D eigenvalue weighted by molar-refractivity contribution is -0.112. The van der Waals surface area contributed by atoms with Gasteiger partial charge in [-0.2, -0.15) is 0 Å². The van der Waals surface area contributed by atoms with Crippen molar-refractivity contribution < 1.29 is 19.0 Å². The van der Waals surface area contributed by atoms with E-state index in [1.807, 2.05) is 36.8 Å². The van der Waals surface area contributed by atoms with Gasteiger partial charge in [-0.15, -0.1) is 11.8 Å². The highest BCUT2D eigenvalue weighted by atomic mass is 32.2. The van der Waals surface area contributed by atoms with E-state index in [-0.39, 0.29) is 5.91 Å². The summed E-state index contributed by atoms with van der Waals surface area (Å²) in [5.41, 5.74) is 7.14. The number of hydrogen-bond acceptors (Lipinski definition) is 7. The molecule has 0 saturated carbocycles. The number of aromatic nitrogens is 2. The average Bonchev–Trinajstić information content (AvgIpc) is 3.48. The number of hydrogen-bond donors (Lipinski definition) is 1. The maximum Gasteiger partial charge on any atom is 0.251 e. The van der Waals surface area contributed by atoms with Crippen LogP contribution in [0.15, 0.2) is 89.7 Å². The molecule has 0 aliphatic carbocycles. The standard InChI is InChI=1S/C40H50N4O4S/c1-5-6-20-47-22-23-48-37-12-7-31(8-13-37)32-9-16-39-34(24-32)25-33(17-18-43(39)27-30(2)3)40(45)42-35-10-14-38(15-11-35)49-28-36-26-41-29-44(36)19-21-46-4/h7-16,24-26,29-30H,5-6,17-23,27-28H2,1-4H3,(H,42,45). The highest BCUT2D eigenvalue weighted by Crippen LogP contribution is 2.34. The van der Waals surface area contributed by atoms with Crippen molar-refractivity contribution in [2.75, 3.05) is 56.8 Å². The van der Waals surface area contributed by atoms with Crippen molar-refractivity contribution in [3.8, 4) is 16.9 Å². The first-order valence-electron chi connectivity index (χ1n) is 17.4. The molecule has 0 bridgehead atoms. The quantitative estimate of drug-likeness (QED) is 0.0832. The highest BCUT2D eigenvalue weighted by molar-refractivity contribution is 7.98. The molecule has 8 nitrogen and oxygen atoms in total. The van der Waals surface area contributed by atoms with Crippen molar-refractivity contribution >= 4 is 35.1 Å². The van der Waals surface area contributed by atoms with Gasteiger partial charge in [0.2, 0.25) is 0 Å². The number of fused-ring (bicyclic) bond motifs is 1. The third kappa shape index (κ3) is 10.7. The molecule has 0 atom stereocenters. The second-order valence-corrected chi connectivity index (χ2v) is 13.8. The van der Waals surface area contributed by atoms with Crippen molar-refractivity contribution in [3.05, 3.63) is 96.1 Å². The Balaban J connectivity index is 1.25. The smallest absolute Gasteiger partial charge is 0.251 e. The van der Waals surface area contributed by atoms with Crippen molar-refractivity contribution in [1.82, 2.24) is 9.55 Å². The van der Waals surface area contributed by atoms with Gasteiger partial charge in [-0.05, 0) is 90.1 Å². The molecule has 0 fully saturated rings. The highest BCUT2D eigenvalue weighted by Gasteiger charge is 2.21. The Kier molecular flexibility index (Phi) is 13.8. The van der Waals surface area contributed by atoms with Gasteiger partial charge in [0.1, 0.15) is 12.4 Å². The molecule has 4 aromatic rings. The maximum atomic E-state index is 13.7. The number of thioether (sulfide) groups is 1. The SMILES string of the molecule is CCCCOCCOc1ccc(-c2ccc3c(c2)C=C(C(=O)Nc2ccc(SCc4cncn4CCOC)cc2)CCN3CC(C)C)cc1. The Morgan fingerprint density at radius 2 is 1.78 bits per heavy atom. The molecule has 3 aromatic carbocycles. The van der Waals surface area contributed by atoms with E-state index in [0.717, 1.165) is 94.8 Å². The van der Waals surface area contributed by atoms with Gasteiger partial charge in [-0.1, -0.05) is 45.4 Å². The summed E-state index contributed by atoms with van der Waals surface area (Å²) < 4.78 is 18.8. The minimum absolute atomic E-state index is 0.0645. The van der Waals surface area contributed by atoms with E-state index in [1.165, 1.54) is 0 Å². The lowest BCUT2D eigenvalue weighted by atomic mass is 10.00. The molecule has 1 aromatic heterocycles. The Labute approximate surface area is 295 Å². The number of ether oxygens (including phenoxy) is 3. The zero-order valence-corrected chi connectivity index (χ0v) is 30.1. The van der Waals surface area contributed by atoms with E-state index in [2.05, 4.69) is 89.1 Å². The number of benzene rings is 3. The molecule has 0 saturated heterocycles. The van der Waals surface area contributed by atoms with Gasteiger partial charge in [0, 0.05) is 72.8 Å². The lowest BCUT2D eigenvalue weighted by Gasteiger charge is -2.27. The topological polar surface area (TPSA) is 77.8 Å². The monoisotopic (exact) mass is 682 g/mol. The lowest BCUT2D eigenvalue weighted by Crippen LogP contribution is -2.29. The Morgan fingerprint density at radius 3 is 2.53 bits per heavy atom. The second kappa shape index (κ2) is 18.6. The largest absolute Gasteiger partial charge is 0.491 e. The zero-order valence-electron chi connectivity index (χ0n) is 29.3. The van der Waals surface area contributed by atoms with Gasteiger partial charge in [-0.3, -0.25) is 4.79 Å². The first-order chi connectivity index (χ1) is 23.9. The molecule has 1 N–H and O–H groups in total. The van der Waals surface area contributed by atoms with Gasteiger partial charge < -0.3 is 29.0 Å². The molecule has 9 heteroatoms. The normalized spacial score (nSPS) is 12.8. The number of carbonyl (C=O) groups excluding carboxylic acids is 1. The molecule has 5 rings (SSSR count). The number of imidazole rings is 1. The Morgan fingerprint density at radius 1 is 0.980 bits per heavy atom. The van der Waals surface area contributed by atoms with Crippen LogP contribution in [-0.2, 0) is 26.6 Å². The number of unbranched alkanes of at least 4 members (excludes halogenated alkanes) is 1. The second-order valence-electron chi connectivity index (χ2n) is 12.7. The van der Waals surface area contributed by atoms with E-state index in [9.17, 15) is 4.79 Å². The van der Waals surface area contributed by atoms with Crippen LogP contribution in [0.3, 0.4) is 0 Å². The predicted molar refractivity (Wildman–Crippen MR) is 201 cm³/mol. The van der Waals surface area contributed by atoms with Gasteiger partial charge >= 0.3 is 0 Å². The molecule has 1 amide bonds. The summed E-state index contributed by atoms with van der Waals surface area (Å²) in [5.74, 6) is 2.07. The molecule has 260 valence electrons. The summed E-state index contributed by atoms with van der Waals surface area (Å²) in [6, 6.07) is 22.8. The van der Waals surface area contributed by atoms with Gasteiger partial charge in [0.15, 0.2) is 0 Å². The Hall–Kier alpha value is -4.05. The summed E-state index contributed by atoms with van der Waals surface area (Å²) >= 11 is 1.74. The predicted octanol–water partition coefficient (Wildman–Crippen LogP) is 8.57. The van der Waals surface area contributed by atoms with Gasteiger partial charge in [-0.25, -0.2) is 4.98 Å². The van der Waals surface area contributed by atoms with E-state index in [0.29, 0.717) is 32.2 Å². The number of methoxy groups -OCH3 is 1. The summed E-state index contributed by atoms with van der Waals surface area (Å²) in [6.07, 6.45) is 8.69. The zero-order chi connectivity index (χ0) is 34.4. The van der Waals surface area contributed by atoms with Crippen molar-refractivity contribution in [1.29, 1.82) is 0 Å². The molecule has 1 aliphatic rings. The minimum Gasteiger partial charge on any atom is -0.491 e. The maximum absolute atomic E-state index is 13.7. The van der Waals surface area contributed by atoms with Crippen LogP contribution in [0.2, 0.25) is 0 Å². The van der Waals surface area contributed by atoms with Crippen LogP contribution >= 0.6 is 11.8 Å². The average molecular weight is 683 g/mol. The third-order valence-corrected chi connectivity index (χ3v) is 9.43. The number of anilines is 2. The van der Waals surface area contributed by atoms with E-state index >= 15 is 0 Å².